The van der Waals surface area contributed by atoms with Crippen LogP contribution in [0.4, 0.5) is 0 Å². The van der Waals surface area contributed by atoms with Gasteiger partial charge < -0.3 is 14.8 Å². The Morgan fingerprint density at radius 1 is 1.16 bits per heavy atom. The Morgan fingerprint density at radius 3 is 2.40 bits per heavy atom. The molecule has 25 heavy (non-hydrogen) atoms. The van der Waals surface area contributed by atoms with Crippen LogP contribution in [-0.4, -0.2) is 30.9 Å². The van der Waals surface area contributed by atoms with Crippen LogP contribution in [0.1, 0.15) is 72.3 Å². The van der Waals surface area contributed by atoms with E-state index in [1.807, 2.05) is 0 Å². The van der Waals surface area contributed by atoms with Crippen LogP contribution in [0.2, 0.25) is 0 Å². The van der Waals surface area contributed by atoms with Crippen LogP contribution in [0.5, 0.6) is 5.75 Å². The predicted octanol–water partition coefficient (Wildman–Crippen LogP) is 5.15. The summed E-state index contributed by atoms with van der Waals surface area (Å²) in [6.45, 7) is 15.1. The number of rotatable bonds is 8. The average Bonchev–Trinajstić information content (AvgIpc) is 2.51. The van der Waals surface area contributed by atoms with Crippen molar-refractivity contribution in [3.63, 3.8) is 0 Å². The maximum absolute atomic E-state index is 5.82. The fourth-order valence-corrected chi connectivity index (χ4v) is 3.80. The molecule has 0 unspecified atom stereocenters. The van der Waals surface area contributed by atoms with Gasteiger partial charge in [-0.15, -0.1) is 0 Å². The Labute approximate surface area is 154 Å². The first-order valence-corrected chi connectivity index (χ1v) is 9.91. The van der Waals surface area contributed by atoms with Crippen molar-refractivity contribution in [2.75, 3.05) is 13.2 Å². The van der Waals surface area contributed by atoms with E-state index in [9.17, 15) is 0 Å². The molecule has 0 radical (unpaired) electrons. The van der Waals surface area contributed by atoms with Gasteiger partial charge in [0.05, 0.1) is 11.7 Å². The summed E-state index contributed by atoms with van der Waals surface area (Å²) in [7, 11) is 0. The Morgan fingerprint density at radius 2 is 1.84 bits per heavy atom. The van der Waals surface area contributed by atoms with Gasteiger partial charge in [-0.1, -0.05) is 26.0 Å². The number of nitrogens with one attached hydrogen (secondary N) is 1. The molecule has 0 aromatic heterocycles. The Kier molecular flexibility index (Phi) is 7.33. The van der Waals surface area contributed by atoms with Crippen molar-refractivity contribution in [2.45, 2.75) is 84.5 Å². The van der Waals surface area contributed by atoms with E-state index in [4.69, 9.17) is 9.47 Å². The van der Waals surface area contributed by atoms with Gasteiger partial charge in [-0.2, -0.15) is 0 Å². The lowest BCUT2D eigenvalue weighted by molar-refractivity contribution is -0.0628. The molecule has 1 aromatic carbocycles. The van der Waals surface area contributed by atoms with Crippen LogP contribution in [0.3, 0.4) is 0 Å². The molecule has 2 atom stereocenters. The number of ether oxygens (including phenoxy) is 2. The van der Waals surface area contributed by atoms with Crippen molar-refractivity contribution in [1.29, 1.82) is 0 Å². The van der Waals surface area contributed by atoms with E-state index in [1.165, 1.54) is 12.0 Å². The summed E-state index contributed by atoms with van der Waals surface area (Å²) < 4.78 is 11.6. The van der Waals surface area contributed by atoms with E-state index in [-0.39, 0.29) is 11.7 Å². The number of benzene rings is 1. The van der Waals surface area contributed by atoms with Crippen molar-refractivity contribution in [2.24, 2.45) is 5.92 Å². The first-order valence-electron chi connectivity index (χ1n) is 9.91. The Balaban J connectivity index is 1.88. The Hall–Kier alpha value is -1.06. The molecule has 142 valence electrons. The fraction of sp³-hybridized carbons (Fsp3) is 0.727. The van der Waals surface area contributed by atoms with E-state index < -0.39 is 0 Å². The van der Waals surface area contributed by atoms with Crippen LogP contribution in [0, 0.1) is 5.92 Å². The summed E-state index contributed by atoms with van der Waals surface area (Å²) in [6.07, 6.45) is 3.61. The number of hydrogen-bond acceptors (Lipinski definition) is 3. The SMILES string of the molecule is CC(C)Oc1ccc([C@@H](CCN[C@@H]2CCOC(C)(C)C2)C(C)C)cc1. The molecular weight excluding hydrogens is 310 g/mol. The Bertz CT molecular complexity index is 507. The van der Waals surface area contributed by atoms with Gasteiger partial charge in [-0.25, -0.2) is 0 Å². The summed E-state index contributed by atoms with van der Waals surface area (Å²) in [6, 6.07) is 9.27. The van der Waals surface area contributed by atoms with Crippen molar-refractivity contribution in [3.8, 4) is 5.75 Å². The lowest BCUT2D eigenvalue weighted by Gasteiger charge is -2.36. The maximum Gasteiger partial charge on any atom is 0.119 e. The molecule has 0 spiro atoms. The average molecular weight is 348 g/mol. The van der Waals surface area contributed by atoms with Crippen LogP contribution in [-0.2, 0) is 4.74 Å². The molecule has 0 saturated carbocycles. The van der Waals surface area contributed by atoms with E-state index in [1.54, 1.807) is 0 Å². The van der Waals surface area contributed by atoms with E-state index in [0.717, 1.165) is 31.7 Å². The third-order valence-corrected chi connectivity index (χ3v) is 5.07. The quantitative estimate of drug-likeness (QED) is 0.705. The summed E-state index contributed by atoms with van der Waals surface area (Å²) >= 11 is 0. The van der Waals surface area contributed by atoms with Crippen LogP contribution >= 0.6 is 0 Å². The molecule has 1 aromatic rings. The highest BCUT2D eigenvalue weighted by atomic mass is 16.5. The second-order valence-electron chi connectivity index (χ2n) is 8.63. The van der Waals surface area contributed by atoms with E-state index >= 15 is 0 Å². The smallest absolute Gasteiger partial charge is 0.119 e. The molecule has 1 aliphatic heterocycles. The predicted molar refractivity (Wildman–Crippen MR) is 105 cm³/mol. The van der Waals surface area contributed by atoms with Gasteiger partial charge in [0, 0.05) is 12.6 Å². The minimum Gasteiger partial charge on any atom is -0.491 e. The van der Waals surface area contributed by atoms with Gasteiger partial charge in [-0.05, 0) is 83.0 Å². The molecular formula is C22H37NO2. The first-order chi connectivity index (χ1) is 11.8. The molecule has 0 aliphatic carbocycles. The molecule has 1 N–H and O–H groups in total. The third kappa shape index (κ3) is 6.63. The summed E-state index contributed by atoms with van der Waals surface area (Å²) in [5.74, 6) is 2.17. The zero-order valence-corrected chi connectivity index (χ0v) is 17.0. The van der Waals surface area contributed by atoms with Gasteiger partial charge in [0.25, 0.3) is 0 Å². The van der Waals surface area contributed by atoms with Crippen molar-refractivity contribution < 1.29 is 9.47 Å². The van der Waals surface area contributed by atoms with Gasteiger partial charge in [-0.3, -0.25) is 0 Å². The molecule has 1 aliphatic rings. The van der Waals surface area contributed by atoms with Crippen LogP contribution in [0.25, 0.3) is 0 Å². The highest BCUT2D eigenvalue weighted by Gasteiger charge is 2.28. The van der Waals surface area contributed by atoms with Crippen LogP contribution in [0.15, 0.2) is 24.3 Å². The maximum atomic E-state index is 5.82. The highest BCUT2D eigenvalue weighted by Crippen LogP contribution is 2.30. The molecule has 3 nitrogen and oxygen atoms in total. The molecule has 0 bridgehead atoms. The van der Waals surface area contributed by atoms with Gasteiger partial charge >= 0.3 is 0 Å². The normalized spacial score (nSPS) is 21.5. The van der Waals surface area contributed by atoms with Crippen LogP contribution < -0.4 is 10.1 Å². The van der Waals surface area contributed by atoms with Gasteiger partial charge in [0.1, 0.15) is 5.75 Å². The summed E-state index contributed by atoms with van der Waals surface area (Å²) in [5, 5.41) is 3.77. The number of hydrogen-bond donors (Lipinski definition) is 1. The first kappa shape index (κ1) is 20.3. The zero-order chi connectivity index (χ0) is 18.4. The molecule has 1 heterocycles. The molecule has 0 amide bonds. The fourth-order valence-electron chi connectivity index (χ4n) is 3.80. The standard InChI is InChI=1S/C22H37NO2/c1-16(2)21(18-7-9-20(10-8-18)25-17(3)4)11-13-23-19-12-14-24-22(5,6)15-19/h7-10,16-17,19,21,23H,11-15H2,1-6H3/t19-,21+/m1/s1. The monoisotopic (exact) mass is 347 g/mol. The minimum absolute atomic E-state index is 0.0135. The van der Waals surface area contributed by atoms with Crippen molar-refractivity contribution in [3.05, 3.63) is 29.8 Å². The second-order valence-corrected chi connectivity index (χ2v) is 8.63. The van der Waals surface area contributed by atoms with Gasteiger partial charge in [0.2, 0.25) is 0 Å². The molecule has 1 saturated heterocycles. The second kappa shape index (κ2) is 9.05. The largest absolute Gasteiger partial charge is 0.491 e. The summed E-state index contributed by atoms with van der Waals surface area (Å²) in [5.41, 5.74) is 1.43. The van der Waals surface area contributed by atoms with Crippen molar-refractivity contribution >= 4 is 0 Å². The van der Waals surface area contributed by atoms with Crippen molar-refractivity contribution in [1.82, 2.24) is 5.32 Å². The van der Waals surface area contributed by atoms with E-state index in [2.05, 4.69) is 71.1 Å². The lowest BCUT2D eigenvalue weighted by Crippen LogP contribution is -2.44. The zero-order valence-electron chi connectivity index (χ0n) is 17.0. The molecule has 1 fully saturated rings. The minimum atomic E-state index is 0.0135. The molecule has 3 heteroatoms. The lowest BCUT2D eigenvalue weighted by atomic mass is 9.85. The van der Waals surface area contributed by atoms with E-state index in [0.29, 0.717) is 17.9 Å². The highest BCUT2D eigenvalue weighted by molar-refractivity contribution is 5.30. The molecule has 2 rings (SSSR count). The van der Waals surface area contributed by atoms with Gasteiger partial charge in [0.15, 0.2) is 0 Å². The third-order valence-electron chi connectivity index (χ3n) is 5.07. The topological polar surface area (TPSA) is 30.5 Å². The summed E-state index contributed by atoms with van der Waals surface area (Å²) in [4.78, 5) is 0.